The van der Waals surface area contributed by atoms with Gasteiger partial charge in [0.05, 0.1) is 0 Å². The van der Waals surface area contributed by atoms with Crippen molar-refractivity contribution in [3.05, 3.63) is 0 Å². The average Bonchev–Trinajstić information content (AvgIpc) is 3.23. The SMILES string of the molecule is CCC1(CC)NC(=O)CCN(CCCC2CC2)C1=O. The van der Waals surface area contributed by atoms with Crippen molar-refractivity contribution in [3.8, 4) is 0 Å². The van der Waals surface area contributed by atoms with Gasteiger partial charge in [-0.15, -0.1) is 0 Å². The quantitative estimate of drug-likeness (QED) is 0.800. The molecule has 1 heterocycles. The van der Waals surface area contributed by atoms with Crippen molar-refractivity contribution in [1.29, 1.82) is 0 Å². The largest absolute Gasteiger partial charge is 0.342 e. The third-order valence-corrected chi connectivity index (χ3v) is 4.63. The Morgan fingerprint density at radius 3 is 2.53 bits per heavy atom. The highest BCUT2D eigenvalue weighted by Crippen LogP contribution is 2.33. The maximum atomic E-state index is 12.7. The lowest BCUT2D eigenvalue weighted by molar-refractivity contribution is -0.139. The van der Waals surface area contributed by atoms with Crippen molar-refractivity contribution in [2.24, 2.45) is 5.92 Å². The monoisotopic (exact) mass is 266 g/mol. The normalized spacial score (nSPS) is 23.2. The van der Waals surface area contributed by atoms with E-state index in [0.717, 1.165) is 18.9 Å². The van der Waals surface area contributed by atoms with Crippen LogP contribution in [0.25, 0.3) is 0 Å². The fraction of sp³-hybridized carbons (Fsp3) is 0.867. The molecule has 0 bridgehead atoms. The summed E-state index contributed by atoms with van der Waals surface area (Å²) >= 11 is 0. The van der Waals surface area contributed by atoms with Crippen LogP contribution >= 0.6 is 0 Å². The van der Waals surface area contributed by atoms with Crippen LogP contribution in [0.15, 0.2) is 0 Å². The number of hydrogen-bond donors (Lipinski definition) is 1. The van der Waals surface area contributed by atoms with Crippen LogP contribution in [0.2, 0.25) is 0 Å². The van der Waals surface area contributed by atoms with Gasteiger partial charge in [0.1, 0.15) is 5.54 Å². The molecule has 19 heavy (non-hydrogen) atoms. The van der Waals surface area contributed by atoms with Gasteiger partial charge in [-0.25, -0.2) is 0 Å². The highest BCUT2D eigenvalue weighted by atomic mass is 16.2. The summed E-state index contributed by atoms with van der Waals surface area (Å²) in [5.74, 6) is 1.05. The van der Waals surface area contributed by atoms with Crippen LogP contribution in [0, 0.1) is 5.92 Å². The zero-order valence-electron chi connectivity index (χ0n) is 12.2. The molecule has 0 spiro atoms. The van der Waals surface area contributed by atoms with Gasteiger partial charge in [-0.05, 0) is 31.6 Å². The molecule has 1 saturated heterocycles. The van der Waals surface area contributed by atoms with Gasteiger partial charge in [0, 0.05) is 19.5 Å². The van der Waals surface area contributed by atoms with Crippen LogP contribution in [-0.4, -0.2) is 35.3 Å². The Balaban J connectivity index is 1.99. The summed E-state index contributed by atoms with van der Waals surface area (Å²) in [5.41, 5.74) is -0.660. The third-order valence-electron chi connectivity index (χ3n) is 4.63. The van der Waals surface area contributed by atoms with Gasteiger partial charge in [0.15, 0.2) is 0 Å². The average molecular weight is 266 g/mol. The summed E-state index contributed by atoms with van der Waals surface area (Å²) in [6.07, 6.45) is 6.82. The van der Waals surface area contributed by atoms with E-state index in [-0.39, 0.29) is 11.8 Å². The molecule has 0 radical (unpaired) electrons. The van der Waals surface area contributed by atoms with Gasteiger partial charge in [-0.3, -0.25) is 9.59 Å². The van der Waals surface area contributed by atoms with E-state index in [9.17, 15) is 9.59 Å². The fourth-order valence-electron chi connectivity index (χ4n) is 2.94. The predicted octanol–water partition coefficient (Wildman–Crippen LogP) is 2.08. The minimum absolute atomic E-state index is 0.0155. The van der Waals surface area contributed by atoms with Gasteiger partial charge in [-0.1, -0.05) is 26.7 Å². The minimum atomic E-state index is -0.660. The second-order valence-corrected chi connectivity index (χ2v) is 5.97. The smallest absolute Gasteiger partial charge is 0.248 e. The second kappa shape index (κ2) is 5.93. The number of rotatable bonds is 6. The van der Waals surface area contributed by atoms with E-state index in [1.165, 1.54) is 19.3 Å². The lowest BCUT2D eigenvalue weighted by Crippen LogP contribution is -2.56. The molecule has 2 amide bonds. The van der Waals surface area contributed by atoms with Gasteiger partial charge >= 0.3 is 0 Å². The first-order valence-electron chi connectivity index (χ1n) is 7.71. The molecule has 0 aromatic rings. The minimum Gasteiger partial charge on any atom is -0.342 e. The Morgan fingerprint density at radius 1 is 1.26 bits per heavy atom. The van der Waals surface area contributed by atoms with Crippen molar-refractivity contribution in [3.63, 3.8) is 0 Å². The number of amides is 2. The maximum Gasteiger partial charge on any atom is 0.248 e. The van der Waals surface area contributed by atoms with Crippen molar-refractivity contribution in [1.82, 2.24) is 10.2 Å². The predicted molar refractivity (Wildman–Crippen MR) is 74.6 cm³/mol. The standard InChI is InChI=1S/C15H26N2O2/c1-3-15(4-2)14(19)17(11-9-13(18)16-15)10-5-6-12-7-8-12/h12H,3-11H2,1-2H3,(H,16,18). The highest BCUT2D eigenvalue weighted by Gasteiger charge is 2.41. The van der Waals surface area contributed by atoms with E-state index in [1.807, 2.05) is 18.7 Å². The van der Waals surface area contributed by atoms with Crippen molar-refractivity contribution in [2.45, 2.75) is 64.3 Å². The van der Waals surface area contributed by atoms with E-state index >= 15 is 0 Å². The van der Waals surface area contributed by atoms with E-state index < -0.39 is 5.54 Å². The first-order chi connectivity index (χ1) is 9.11. The maximum absolute atomic E-state index is 12.7. The molecule has 0 aromatic heterocycles. The molecule has 108 valence electrons. The molecule has 1 saturated carbocycles. The molecular weight excluding hydrogens is 240 g/mol. The van der Waals surface area contributed by atoms with Crippen LogP contribution in [0.5, 0.6) is 0 Å². The molecule has 2 aliphatic rings. The van der Waals surface area contributed by atoms with Crippen molar-refractivity contribution in [2.75, 3.05) is 13.1 Å². The van der Waals surface area contributed by atoms with Crippen molar-refractivity contribution >= 4 is 11.8 Å². The Labute approximate surface area is 115 Å². The van der Waals surface area contributed by atoms with Gasteiger partial charge in [0.25, 0.3) is 0 Å². The molecule has 2 rings (SSSR count). The van der Waals surface area contributed by atoms with Crippen LogP contribution < -0.4 is 5.32 Å². The summed E-state index contributed by atoms with van der Waals surface area (Å²) < 4.78 is 0. The third kappa shape index (κ3) is 3.28. The van der Waals surface area contributed by atoms with Crippen LogP contribution in [-0.2, 0) is 9.59 Å². The molecule has 0 unspecified atom stereocenters. The number of nitrogens with zero attached hydrogens (tertiary/aromatic N) is 1. The Bertz CT molecular complexity index is 346. The van der Waals surface area contributed by atoms with E-state index in [4.69, 9.17) is 0 Å². The van der Waals surface area contributed by atoms with E-state index in [0.29, 0.717) is 25.8 Å². The molecule has 0 aromatic carbocycles. The van der Waals surface area contributed by atoms with Crippen LogP contribution in [0.3, 0.4) is 0 Å². The highest BCUT2D eigenvalue weighted by molar-refractivity contribution is 5.93. The zero-order valence-corrected chi connectivity index (χ0v) is 12.2. The zero-order chi connectivity index (χ0) is 13.9. The Hall–Kier alpha value is -1.06. The molecule has 1 N–H and O–H groups in total. The van der Waals surface area contributed by atoms with Crippen LogP contribution in [0.1, 0.15) is 58.8 Å². The summed E-state index contributed by atoms with van der Waals surface area (Å²) in [6.45, 7) is 5.36. The van der Waals surface area contributed by atoms with Gasteiger partial charge in [0.2, 0.25) is 11.8 Å². The number of nitrogens with one attached hydrogen (secondary N) is 1. The van der Waals surface area contributed by atoms with E-state index in [2.05, 4.69) is 5.32 Å². The molecule has 4 nitrogen and oxygen atoms in total. The molecule has 2 fully saturated rings. The first kappa shape index (κ1) is 14.4. The molecule has 1 aliphatic carbocycles. The molecule has 4 heteroatoms. The fourth-order valence-corrected chi connectivity index (χ4v) is 2.94. The van der Waals surface area contributed by atoms with Crippen LogP contribution in [0.4, 0.5) is 0 Å². The Kier molecular flexibility index (Phi) is 4.48. The van der Waals surface area contributed by atoms with Gasteiger partial charge in [-0.2, -0.15) is 0 Å². The number of hydrogen-bond acceptors (Lipinski definition) is 2. The molecule has 1 aliphatic heterocycles. The molecular formula is C15H26N2O2. The van der Waals surface area contributed by atoms with Gasteiger partial charge < -0.3 is 10.2 Å². The lowest BCUT2D eigenvalue weighted by atomic mass is 9.91. The lowest BCUT2D eigenvalue weighted by Gasteiger charge is -2.33. The number of carbonyl (C=O) groups is 2. The van der Waals surface area contributed by atoms with Crippen molar-refractivity contribution < 1.29 is 9.59 Å². The molecule has 0 atom stereocenters. The topological polar surface area (TPSA) is 49.4 Å². The summed E-state index contributed by atoms with van der Waals surface area (Å²) in [5, 5.41) is 2.95. The summed E-state index contributed by atoms with van der Waals surface area (Å²) in [7, 11) is 0. The first-order valence-corrected chi connectivity index (χ1v) is 7.71. The Morgan fingerprint density at radius 2 is 1.95 bits per heavy atom. The summed E-state index contributed by atoms with van der Waals surface area (Å²) in [6, 6.07) is 0. The second-order valence-electron chi connectivity index (χ2n) is 5.97. The van der Waals surface area contributed by atoms with E-state index in [1.54, 1.807) is 0 Å². The number of carbonyl (C=O) groups excluding carboxylic acids is 2. The summed E-state index contributed by atoms with van der Waals surface area (Å²) in [4.78, 5) is 26.4.